The van der Waals surface area contributed by atoms with Gasteiger partial charge < -0.3 is 0 Å². The molecule has 0 saturated heterocycles. The fourth-order valence-electron chi connectivity index (χ4n) is 3.84. The Balaban J connectivity index is 2.02. The van der Waals surface area contributed by atoms with Gasteiger partial charge in [0.1, 0.15) is 5.52 Å². The molecule has 1 unspecified atom stereocenters. The maximum absolute atomic E-state index is 11.8. The van der Waals surface area contributed by atoms with E-state index < -0.39 is 0 Å². The van der Waals surface area contributed by atoms with E-state index in [9.17, 15) is 4.79 Å². The lowest BCUT2D eigenvalue weighted by atomic mass is 9.87. The highest BCUT2D eigenvalue weighted by Gasteiger charge is 2.33. The van der Waals surface area contributed by atoms with Crippen molar-refractivity contribution in [3.8, 4) is 0 Å². The lowest BCUT2D eigenvalue weighted by Gasteiger charge is -2.16. The highest BCUT2D eigenvalue weighted by atomic mass is 16.1. The van der Waals surface area contributed by atoms with Gasteiger partial charge in [0.2, 0.25) is 0 Å². The van der Waals surface area contributed by atoms with Gasteiger partial charge in [-0.3, -0.25) is 4.79 Å². The molecule has 108 valence electrons. The Labute approximate surface area is 123 Å². The zero-order chi connectivity index (χ0) is 14.6. The van der Waals surface area contributed by atoms with Crippen LogP contribution < -0.4 is 0 Å². The van der Waals surface area contributed by atoms with Gasteiger partial charge >= 0.3 is 0 Å². The molecule has 4 heteroatoms. The Kier molecular flexibility index (Phi) is 2.74. The summed E-state index contributed by atoms with van der Waals surface area (Å²) in [5.41, 5.74) is 7.31. The molecular weight excluding hydrogens is 262 g/mol. The molecule has 0 bridgehead atoms. The van der Waals surface area contributed by atoms with E-state index in [4.69, 9.17) is 0 Å². The van der Waals surface area contributed by atoms with Crippen molar-refractivity contribution in [1.82, 2.24) is 15.0 Å². The predicted molar refractivity (Wildman–Crippen MR) is 82.0 cm³/mol. The third-order valence-corrected chi connectivity index (χ3v) is 4.91. The Morgan fingerprint density at radius 2 is 2.24 bits per heavy atom. The summed E-state index contributed by atoms with van der Waals surface area (Å²) in [7, 11) is 0. The van der Waals surface area contributed by atoms with Gasteiger partial charge in [0.05, 0.1) is 5.52 Å². The van der Waals surface area contributed by atoms with Crippen molar-refractivity contribution in [3.05, 3.63) is 28.8 Å². The van der Waals surface area contributed by atoms with Crippen LogP contribution in [0.4, 0.5) is 0 Å². The standard InChI is InChI=1S/C17H19N3O/c1-3-10-7-14-13-9-12(21)6-5-11(13)8-15(14)16-17(10)20(4-2)19-18-16/h7,9,11H,3-6,8H2,1-2H3. The first-order valence-corrected chi connectivity index (χ1v) is 7.85. The molecule has 1 aromatic carbocycles. The minimum Gasteiger partial charge on any atom is -0.295 e. The van der Waals surface area contributed by atoms with Gasteiger partial charge in [0.25, 0.3) is 0 Å². The molecule has 0 radical (unpaired) electrons. The normalized spacial score (nSPS) is 20.6. The number of hydrogen-bond donors (Lipinski definition) is 0. The van der Waals surface area contributed by atoms with Crippen LogP contribution in [0.2, 0.25) is 0 Å². The highest BCUT2D eigenvalue weighted by molar-refractivity contribution is 6.02. The number of aromatic nitrogens is 3. The summed E-state index contributed by atoms with van der Waals surface area (Å²) in [5, 5.41) is 8.76. The Hall–Kier alpha value is -1.97. The molecule has 1 aromatic heterocycles. The number of fused-ring (bicyclic) bond motifs is 5. The molecular formula is C17H19N3O. The van der Waals surface area contributed by atoms with Crippen molar-refractivity contribution >= 4 is 22.4 Å². The van der Waals surface area contributed by atoms with Gasteiger partial charge in [-0.1, -0.05) is 12.1 Å². The van der Waals surface area contributed by atoms with Crippen LogP contribution in [-0.2, 0) is 24.2 Å². The van der Waals surface area contributed by atoms with Crippen molar-refractivity contribution in [1.29, 1.82) is 0 Å². The number of allylic oxidation sites excluding steroid dienone is 2. The Bertz CT molecular complexity index is 785. The van der Waals surface area contributed by atoms with Gasteiger partial charge in [-0.05, 0) is 66.5 Å². The van der Waals surface area contributed by atoms with Crippen molar-refractivity contribution in [3.63, 3.8) is 0 Å². The summed E-state index contributed by atoms with van der Waals surface area (Å²) in [4.78, 5) is 11.8. The number of nitrogens with zero attached hydrogens (tertiary/aromatic N) is 3. The van der Waals surface area contributed by atoms with Crippen LogP contribution in [0.15, 0.2) is 12.1 Å². The molecule has 0 saturated carbocycles. The molecule has 0 aliphatic heterocycles. The first-order valence-electron chi connectivity index (χ1n) is 7.85. The SMILES string of the molecule is CCc1cc2c(c3nnn(CC)c13)CC1CCC(=O)C=C21. The Morgan fingerprint density at radius 3 is 3.00 bits per heavy atom. The molecule has 1 heterocycles. The minimum atomic E-state index is 0.268. The average Bonchev–Trinajstić information content (AvgIpc) is 3.07. The molecule has 0 N–H and O–H groups in total. The second kappa shape index (κ2) is 4.52. The summed E-state index contributed by atoms with van der Waals surface area (Å²) >= 11 is 0. The van der Waals surface area contributed by atoms with E-state index in [1.54, 1.807) is 0 Å². The summed E-state index contributed by atoms with van der Waals surface area (Å²) in [6.07, 6.45) is 5.51. The topological polar surface area (TPSA) is 47.8 Å². The second-order valence-electron chi connectivity index (χ2n) is 6.02. The molecule has 2 aliphatic rings. The number of ketones is 1. The smallest absolute Gasteiger partial charge is 0.156 e. The van der Waals surface area contributed by atoms with Crippen molar-refractivity contribution < 1.29 is 4.79 Å². The van der Waals surface area contributed by atoms with Crippen LogP contribution in [0.3, 0.4) is 0 Å². The quantitative estimate of drug-likeness (QED) is 0.850. The fraction of sp³-hybridized carbons (Fsp3) is 0.471. The van der Waals surface area contributed by atoms with E-state index in [1.165, 1.54) is 27.8 Å². The minimum absolute atomic E-state index is 0.268. The van der Waals surface area contributed by atoms with Crippen LogP contribution in [0, 0.1) is 5.92 Å². The van der Waals surface area contributed by atoms with Gasteiger partial charge in [0.15, 0.2) is 5.78 Å². The maximum atomic E-state index is 11.8. The summed E-state index contributed by atoms with van der Waals surface area (Å²) in [6, 6.07) is 2.28. The molecule has 21 heavy (non-hydrogen) atoms. The number of carbonyl (C=O) groups is 1. The number of rotatable bonds is 2. The van der Waals surface area contributed by atoms with Gasteiger partial charge in [-0.15, -0.1) is 5.10 Å². The van der Waals surface area contributed by atoms with E-state index in [2.05, 4.69) is 30.2 Å². The number of benzene rings is 1. The summed E-state index contributed by atoms with van der Waals surface area (Å²) in [5.74, 6) is 0.768. The molecule has 2 aromatic rings. The van der Waals surface area contributed by atoms with Gasteiger partial charge in [-0.2, -0.15) is 0 Å². The zero-order valence-electron chi connectivity index (χ0n) is 12.5. The zero-order valence-corrected chi connectivity index (χ0v) is 12.5. The second-order valence-corrected chi connectivity index (χ2v) is 6.02. The molecule has 0 spiro atoms. The largest absolute Gasteiger partial charge is 0.295 e. The van der Waals surface area contributed by atoms with Crippen LogP contribution >= 0.6 is 0 Å². The third-order valence-electron chi connectivity index (χ3n) is 4.91. The first-order chi connectivity index (χ1) is 10.2. The van der Waals surface area contributed by atoms with Crippen LogP contribution in [-0.4, -0.2) is 20.8 Å². The van der Waals surface area contributed by atoms with Crippen molar-refractivity contribution in [2.45, 2.75) is 46.1 Å². The molecule has 0 fully saturated rings. The number of aryl methyl sites for hydroxylation is 2. The van der Waals surface area contributed by atoms with Crippen LogP contribution in [0.25, 0.3) is 16.6 Å². The molecule has 0 amide bonds. The van der Waals surface area contributed by atoms with E-state index in [0.717, 1.165) is 31.3 Å². The van der Waals surface area contributed by atoms with E-state index in [1.807, 2.05) is 10.8 Å². The van der Waals surface area contributed by atoms with E-state index >= 15 is 0 Å². The monoisotopic (exact) mass is 281 g/mol. The van der Waals surface area contributed by atoms with E-state index in [0.29, 0.717) is 12.3 Å². The summed E-state index contributed by atoms with van der Waals surface area (Å²) < 4.78 is 2.00. The third kappa shape index (κ3) is 1.71. The predicted octanol–water partition coefficient (Wildman–Crippen LogP) is 2.93. The lowest BCUT2D eigenvalue weighted by Crippen LogP contribution is -2.09. The number of hydrogen-bond acceptors (Lipinski definition) is 3. The summed E-state index contributed by atoms with van der Waals surface area (Å²) in [6.45, 7) is 5.11. The molecule has 2 aliphatic carbocycles. The molecule has 4 nitrogen and oxygen atoms in total. The van der Waals surface area contributed by atoms with Crippen molar-refractivity contribution in [2.75, 3.05) is 0 Å². The molecule has 1 atom stereocenters. The average molecular weight is 281 g/mol. The van der Waals surface area contributed by atoms with Crippen LogP contribution in [0.1, 0.15) is 43.4 Å². The maximum Gasteiger partial charge on any atom is 0.156 e. The fourth-order valence-corrected chi connectivity index (χ4v) is 3.84. The Morgan fingerprint density at radius 1 is 1.38 bits per heavy atom. The van der Waals surface area contributed by atoms with Gasteiger partial charge in [0, 0.05) is 13.0 Å². The van der Waals surface area contributed by atoms with Gasteiger partial charge in [-0.25, -0.2) is 4.68 Å². The highest BCUT2D eigenvalue weighted by Crippen LogP contribution is 2.45. The number of carbonyl (C=O) groups excluding carboxylic acids is 1. The van der Waals surface area contributed by atoms with Crippen LogP contribution in [0.5, 0.6) is 0 Å². The van der Waals surface area contributed by atoms with Crippen molar-refractivity contribution in [2.24, 2.45) is 5.92 Å². The first kappa shape index (κ1) is 12.7. The van der Waals surface area contributed by atoms with E-state index in [-0.39, 0.29) is 5.78 Å². The molecule has 4 rings (SSSR count). The lowest BCUT2D eigenvalue weighted by molar-refractivity contribution is -0.115.